The van der Waals surface area contributed by atoms with E-state index in [1.807, 2.05) is 5.32 Å². The van der Waals surface area contributed by atoms with Crippen molar-refractivity contribution in [3.63, 3.8) is 0 Å². The van der Waals surface area contributed by atoms with E-state index in [0.717, 1.165) is 0 Å². The quantitative estimate of drug-likeness (QED) is 0.585. The minimum atomic E-state index is -0.747. The number of methoxy groups -OCH3 is 1. The Bertz CT molecular complexity index is 841. The van der Waals surface area contributed by atoms with E-state index in [1.165, 1.54) is 7.11 Å². The van der Waals surface area contributed by atoms with Gasteiger partial charge in [-0.1, -0.05) is 11.6 Å². The highest BCUT2D eigenvalue weighted by Gasteiger charge is 2.16. The number of carbonyl (C=O) groups is 3. The van der Waals surface area contributed by atoms with Crippen LogP contribution in [0.5, 0.6) is 0 Å². The molecule has 26 heavy (non-hydrogen) atoms. The molecule has 0 atom stereocenters. The van der Waals surface area contributed by atoms with Crippen LogP contribution in [-0.4, -0.2) is 49.8 Å². The van der Waals surface area contributed by atoms with E-state index in [1.54, 1.807) is 31.2 Å². The van der Waals surface area contributed by atoms with Crippen molar-refractivity contribution in [2.45, 2.75) is 6.92 Å². The van der Waals surface area contributed by atoms with Crippen LogP contribution in [-0.2, 0) is 14.3 Å². The molecular formula is C17H18ClN3O5. The summed E-state index contributed by atoms with van der Waals surface area (Å²) < 4.78 is 9.71. The summed E-state index contributed by atoms with van der Waals surface area (Å²) in [6, 6.07) is 6.03. The standard InChI is InChI=1S/C17H18ClN3O5/c1-10-13(8-11-7-12(18)3-4-14(11)20-10)16(23)26-9-15(22)21-17(24)19-5-6-25-2/h3-4,7-8H,5-6,9H2,1-2H3,(H2,19,21,22,24). The van der Waals surface area contributed by atoms with Crippen LogP contribution in [0.2, 0.25) is 5.02 Å². The maximum atomic E-state index is 12.2. The summed E-state index contributed by atoms with van der Waals surface area (Å²) in [7, 11) is 1.49. The number of ether oxygens (including phenoxy) is 2. The Morgan fingerprint density at radius 2 is 2.00 bits per heavy atom. The van der Waals surface area contributed by atoms with Crippen LogP contribution in [0.4, 0.5) is 4.79 Å². The second kappa shape index (κ2) is 9.12. The van der Waals surface area contributed by atoms with Gasteiger partial charge in [0.1, 0.15) is 0 Å². The number of benzene rings is 1. The first kappa shape index (κ1) is 19.6. The largest absolute Gasteiger partial charge is 0.452 e. The molecular weight excluding hydrogens is 362 g/mol. The molecule has 2 rings (SSSR count). The van der Waals surface area contributed by atoms with Gasteiger partial charge < -0.3 is 14.8 Å². The third-order valence-electron chi connectivity index (χ3n) is 3.37. The molecule has 0 saturated carbocycles. The zero-order valence-corrected chi connectivity index (χ0v) is 15.1. The summed E-state index contributed by atoms with van der Waals surface area (Å²) in [5.74, 6) is -1.46. The van der Waals surface area contributed by atoms with Gasteiger partial charge in [-0.2, -0.15) is 0 Å². The lowest BCUT2D eigenvalue weighted by molar-refractivity contribution is -0.123. The molecule has 138 valence electrons. The number of pyridine rings is 1. The van der Waals surface area contributed by atoms with Gasteiger partial charge in [0.15, 0.2) is 6.61 Å². The molecule has 9 heteroatoms. The van der Waals surface area contributed by atoms with Gasteiger partial charge in [0, 0.05) is 24.1 Å². The Morgan fingerprint density at radius 1 is 1.23 bits per heavy atom. The molecule has 0 saturated heterocycles. The topological polar surface area (TPSA) is 107 Å². The van der Waals surface area contributed by atoms with Crippen LogP contribution in [0.25, 0.3) is 10.9 Å². The predicted molar refractivity (Wildman–Crippen MR) is 95.2 cm³/mol. The fraction of sp³-hybridized carbons (Fsp3) is 0.294. The van der Waals surface area contributed by atoms with Gasteiger partial charge in [0.2, 0.25) is 0 Å². The van der Waals surface area contributed by atoms with E-state index in [-0.39, 0.29) is 12.1 Å². The van der Waals surface area contributed by atoms with Crippen LogP contribution in [0.15, 0.2) is 24.3 Å². The zero-order chi connectivity index (χ0) is 19.1. The highest BCUT2D eigenvalue weighted by molar-refractivity contribution is 6.31. The molecule has 0 aliphatic carbocycles. The minimum absolute atomic E-state index is 0.220. The maximum Gasteiger partial charge on any atom is 0.340 e. The average Bonchev–Trinajstić information content (AvgIpc) is 2.59. The van der Waals surface area contributed by atoms with Gasteiger partial charge in [-0.15, -0.1) is 0 Å². The summed E-state index contributed by atoms with van der Waals surface area (Å²) in [6.07, 6.45) is 0. The number of hydrogen-bond donors (Lipinski definition) is 2. The van der Waals surface area contributed by atoms with Crippen LogP contribution in [0.3, 0.4) is 0 Å². The fourth-order valence-corrected chi connectivity index (χ4v) is 2.31. The molecule has 0 aliphatic rings. The smallest absolute Gasteiger partial charge is 0.340 e. The summed E-state index contributed by atoms with van der Waals surface area (Å²) in [4.78, 5) is 39.6. The number of rotatable bonds is 6. The maximum absolute atomic E-state index is 12.2. The Labute approximate surface area is 154 Å². The van der Waals surface area contributed by atoms with Gasteiger partial charge in [-0.05, 0) is 31.2 Å². The number of halogens is 1. The molecule has 0 bridgehead atoms. The molecule has 2 N–H and O–H groups in total. The van der Waals surface area contributed by atoms with Crippen molar-refractivity contribution in [3.05, 3.63) is 40.5 Å². The molecule has 0 fully saturated rings. The van der Waals surface area contributed by atoms with Crippen LogP contribution >= 0.6 is 11.6 Å². The van der Waals surface area contributed by atoms with Gasteiger partial charge in [-0.25, -0.2) is 9.59 Å². The van der Waals surface area contributed by atoms with Gasteiger partial charge in [0.25, 0.3) is 5.91 Å². The van der Waals surface area contributed by atoms with Crippen molar-refractivity contribution in [2.75, 3.05) is 26.9 Å². The van der Waals surface area contributed by atoms with E-state index < -0.39 is 24.5 Å². The summed E-state index contributed by atoms with van der Waals surface area (Å²) in [5.41, 5.74) is 1.37. The summed E-state index contributed by atoms with van der Waals surface area (Å²) in [5, 5.41) is 5.64. The molecule has 3 amide bonds. The number of urea groups is 1. The minimum Gasteiger partial charge on any atom is -0.452 e. The van der Waals surface area contributed by atoms with Crippen molar-refractivity contribution >= 4 is 40.4 Å². The molecule has 1 aromatic carbocycles. The van der Waals surface area contributed by atoms with Crippen molar-refractivity contribution in [2.24, 2.45) is 0 Å². The number of fused-ring (bicyclic) bond motifs is 1. The van der Waals surface area contributed by atoms with Gasteiger partial charge in [0.05, 0.1) is 23.4 Å². The third kappa shape index (κ3) is 5.40. The highest BCUT2D eigenvalue weighted by atomic mass is 35.5. The molecule has 0 spiro atoms. The molecule has 0 unspecified atom stereocenters. The lowest BCUT2D eigenvalue weighted by atomic mass is 10.1. The Kier molecular flexibility index (Phi) is 6.88. The predicted octanol–water partition coefficient (Wildman–Crippen LogP) is 1.83. The lowest BCUT2D eigenvalue weighted by Gasteiger charge is -2.09. The average molecular weight is 380 g/mol. The van der Waals surface area contributed by atoms with Crippen molar-refractivity contribution < 1.29 is 23.9 Å². The number of esters is 1. The first-order valence-electron chi connectivity index (χ1n) is 7.71. The molecule has 1 heterocycles. The third-order valence-corrected chi connectivity index (χ3v) is 3.60. The molecule has 0 aliphatic heterocycles. The van der Waals surface area contributed by atoms with E-state index in [4.69, 9.17) is 21.1 Å². The zero-order valence-electron chi connectivity index (χ0n) is 14.3. The summed E-state index contributed by atoms with van der Waals surface area (Å²) in [6.45, 7) is 1.63. The number of aryl methyl sites for hydroxylation is 1. The van der Waals surface area contributed by atoms with E-state index in [9.17, 15) is 14.4 Å². The number of imide groups is 1. The Hall–Kier alpha value is -2.71. The van der Waals surface area contributed by atoms with Gasteiger partial charge >= 0.3 is 12.0 Å². The fourth-order valence-electron chi connectivity index (χ4n) is 2.13. The number of nitrogens with one attached hydrogen (secondary N) is 2. The number of carbonyl (C=O) groups excluding carboxylic acids is 3. The van der Waals surface area contributed by atoms with Gasteiger partial charge in [-0.3, -0.25) is 15.1 Å². The van der Waals surface area contributed by atoms with Crippen molar-refractivity contribution in [1.82, 2.24) is 15.6 Å². The second-order valence-electron chi connectivity index (χ2n) is 5.33. The first-order valence-corrected chi connectivity index (χ1v) is 8.09. The van der Waals surface area contributed by atoms with Crippen LogP contribution in [0.1, 0.15) is 16.1 Å². The van der Waals surface area contributed by atoms with Crippen molar-refractivity contribution in [3.8, 4) is 0 Å². The first-order chi connectivity index (χ1) is 12.4. The van der Waals surface area contributed by atoms with Crippen LogP contribution in [0, 0.1) is 6.92 Å². The van der Waals surface area contributed by atoms with E-state index in [2.05, 4.69) is 10.3 Å². The van der Waals surface area contributed by atoms with E-state index >= 15 is 0 Å². The number of nitrogens with zero attached hydrogens (tertiary/aromatic N) is 1. The lowest BCUT2D eigenvalue weighted by Crippen LogP contribution is -2.42. The summed E-state index contributed by atoms with van der Waals surface area (Å²) >= 11 is 5.94. The molecule has 2 aromatic rings. The van der Waals surface area contributed by atoms with E-state index in [0.29, 0.717) is 28.2 Å². The Morgan fingerprint density at radius 3 is 2.73 bits per heavy atom. The molecule has 0 radical (unpaired) electrons. The SMILES string of the molecule is COCCNC(=O)NC(=O)COC(=O)c1cc2cc(Cl)ccc2nc1C. The monoisotopic (exact) mass is 379 g/mol. The number of amides is 3. The van der Waals surface area contributed by atoms with Crippen molar-refractivity contribution in [1.29, 1.82) is 0 Å². The molecule has 1 aromatic heterocycles. The van der Waals surface area contributed by atoms with Crippen LogP contribution < -0.4 is 10.6 Å². The molecule has 8 nitrogen and oxygen atoms in total. The highest BCUT2D eigenvalue weighted by Crippen LogP contribution is 2.21. The Balaban J connectivity index is 1.95. The number of hydrogen-bond acceptors (Lipinski definition) is 6. The second-order valence-corrected chi connectivity index (χ2v) is 5.77. The normalized spacial score (nSPS) is 10.4. The number of aromatic nitrogens is 1.